The van der Waals surface area contributed by atoms with Gasteiger partial charge in [-0.2, -0.15) is 31.4 Å². The van der Waals surface area contributed by atoms with Crippen molar-refractivity contribution in [1.29, 1.82) is 0 Å². The molecule has 238 valence electrons. The number of amides is 1. The Labute approximate surface area is 256 Å². The van der Waals surface area contributed by atoms with E-state index in [1.807, 2.05) is 13.8 Å². The molecule has 0 aliphatic carbocycles. The number of thioether (sulfide) groups is 1. The van der Waals surface area contributed by atoms with E-state index in [4.69, 9.17) is 0 Å². The average molecular weight is 641 g/mol. The van der Waals surface area contributed by atoms with Gasteiger partial charge in [-0.05, 0) is 67.2 Å². The van der Waals surface area contributed by atoms with Gasteiger partial charge in [-0.25, -0.2) is 0 Å². The number of nitrogens with zero attached hydrogens (tertiary/aromatic N) is 5. The van der Waals surface area contributed by atoms with Crippen LogP contribution in [0.15, 0.2) is 46.3 Å². The van der Waals surface area contributed by atoms with Crippen LogP contribution in [-0.2, 0) is 23.7 Å². The molecule has 44 heavy (non-hydrogen) atoms. The Bertz CT molecular complexity index is 1550. The fourth-order valence-corrected chi connectivity index (χ4v) is 5.75. The van der Waals surface area contributed by atoms with Crippen molar-refractivity contribution in [3.8, 4) is 0 Å². The summed E-state index contributed by atoms with van der Waals surface area (Å²) in [6.07, 6.45) is -8.17. The van der Waals surface area contributed by atoms with E-state index < -0.39 is 23.5 Å². The van der Waals surface area contributed by atoms with E-state index in [-0.39, 0.29) is 24.1 Å². The second kappa shape index (κ2) is 13.7. The van der Waals surface area contributed by atoms with E-state index in [0.29, 0.717) is 44.8 Å². The summed E-state index contributed by atoms with van der Waals surface area (Å²) in [4.78, 5) is 22.1. The Balaban J connectivity index is 0.00000216. The minimum Gasteiger partial charge on any atom is -0.304 e. The first-order valence-electron chi connectivity index (χ1n) is 14.2. The first-order valence-corrected chi connectivity index (χ1v) is 15.0. The molecular weight excluding hydrogens is 606 g/mol. The van der Waals surface area contributed by atoms with E-state index in [1.165, 1.54) is 16.4 Å². The molecule has 0 bridgehead atoms. The highest BCUT2D eigenvalue weighted by Crippen LogP contribution is 2.38. The van der Waals surface area contributed by atoms with Crippen molar-refractivity contribution in [3.63, 3.8) is 0 Å². The van der Waals surface area contributed by atoms with Crippen molar-refractivity contribution >= 4 is 39.8 Å². The van der Waals surface area contributed by atoms with Gasteiger partial charge in [0.25, 0.3) is 5.91 Å². The fourth-order valence-electron chi connectivity index (χ4n) is 4.90. The quantitative estimate of drug-likeness (QED) is 0.255. The predicted molar refractivity (Wildman–Crippen MR) is 161 cm³/mol. The molecule has 2 aliphatic rings. The number of rotatable bonds is 6. The third-order valence-electron chi connectivity index (χ3n) is 7.24. The van der Waals surface area contributed by atoms with Crippen molar-refractivity contribution in [2.24, 2.45) is 4.99 Å². The molecule has 0 atom stereocenters. The maximum Gasteiger partial charge on any atom is 0.416 e. The normalized spacial score (nSPS) is 18.6. The highest BCUT2D eigenvalue weighted by Gasteiger charge is 2.38. The molecular formula is C30H34F6N6OS. The Hall–Kier alpha value is -3.36. The number of likely N-dealkylation sites (N-methyl/N-ethyl adjacent to an activating group) is 1. The number of alkyl halides is 6. The Kier molecular flexibility index (Phi) is 10.5. The Morgan fingerprint density at radius 1 is 1.00 bits per heavy atom. The molecule has 14 heteroatoms. The molecule has 2 aromatic carbocycles. The third kappa shape index (κ3) is 8.02. The summed E-state index contributed by atoms with van der Waals surface area (Å²) in [6, 6.07) is 6.76. The summed E-state index contributed by atoms with van der Waals surface area (Å²) in [5, 5.41) is 8.31. The third-order valence-corrected chi connectivity index (χ3v) is 8.19. The number of carbonyl (C=O) groups excluding carboxylic acids is 1. The van der Waals surface area contributed by atoms with Crippen LogP contribution >= 0.6 is 11.8 Å². The first-order chi connectivity index (χ1) is 20.8. The van der Waals surface area contributed by atoms with Crippen LogP contribution in [-0.4, -0.2) is 77.0 Å². The minimum absolute atomic E-state index is 0.131. The number of aliphatic imine (C=N–C) groups is 1. The van der Waals surface area contributed by atoms with E-state index >= 15 is 0 Å². The first kappa shape index (κ1) is 33.5. The number of nitrogens with one attached hydrogen (secondary N) is 1. The van der Waals surface area contributed by atoms with Crippen LogP contribution in [0.2, 0.25) is 0 Å². The number of amidine groups is 1. The molecule has 0 spiro atoms. The lowest BCUT2D eigenvalue weighted by Crippen LogP contribution is -2.45. The zero-order valence-corrected chi connectivity index (χ0v) is 25.6. The molecule has 0 saturated carbocycles. The summed E-state index contributed by atoms with van der Waals surface area (Å²) < 4.78 is 81.5. The molecule has 2 aliphatic heterocycles. The molecule has 0 radical (unpaired) electrons. The van der Waals surface area contributed by atoms with E-state index in [2.05, 4.69) is 32.3 Å². The molecule has 0 unspecified atom stereocenters. The van der Waals surface area contributed by atoms with Gasteiger partial charge in [-0.15, -0.1) is 0 Å². The standard InChI is InChI=1S/C28H28F6N6OS.C2H6/c1-17-21-13-18(14-24-25(41)36-26(42-24)35-7-8-39-11-9-38(2)10-12-39)3-6-23(21)40(37-17)16-19-4-5-20(27(29,30)31)15-22(19)28(32,33)34;1-2/h3-6,13-15H,7-12,16H2,1-2H3,(H,35,36,41);1-2H3/b24-14-;. The lowest BCUT2D eigenvalue weighted by molar-refractivity contribution is -0.143. The highest BCUT2D eigenvalue weighted by molar-refractivity contribution is 8.18. The fraction of sp³-hybridized carbons (Fsp3) is 0.433. The van der Waals surface area contributed by atoms with Gasteiger partial charge in [-0.1, -0.05) is 26.0 Å². The van der Waals surface area contributed by atoms with E-state index in [1.54, 1.807) is 31.2 Å². The van der Waals surface area contributed by atoms with Crippen molar-refractivity contribution in [2.75, 3.05) is 46.3 Å². The summed E-state index contributed by atoms with van der Waals surface area (Å²) in [5.74, 6) is -0.271. The van der Waals surface area contributed by atoms with Gasteiger partial charge < -0.3 is 10.2 Å². The molecule has 3 heterocycles. The van der Waals surface area contributed by atoms with Crippen molar-refractivity contribution in [1.82, 2.24) is 24.9 Å². The zero-order chi connectivity index (χ0) is 32.2. The highest BCUT2D eigenvalue weighted by atomic mass is 32.2. The second-order valence-corrected chi connectivity index (χ2v) is 11.3. The second-order valence-electron chi connectivity index (χ2n) is 10.3. The van der Waals surface area contributed by atoms with Crippen LogP contribution in [0.3, 0.4) is 0 Å². The lowest BCUT2D eigenvalue weighted by Gasteiger charge is -2.31. The Morgan fingerprint density at radius 3 is 2.36 bits per heavy atom. The number of piperazine rings is 1. The van der Waals surface area contributed by atoms with Crippen LogP contribution in [0.4, 0.5) is 26.3 Å². The molecule has 1 N–H and O–H groups in total. The summed E-state index contributed by atoms with van der Waals surface area (Å²) in [6.45, 7) is 10.7. The number of hydrogen-bond acceptors (Lipinski definition) is 6. The lowest BCUT2D eigenvalue weighted by atomic mass is 10.0. The molecule has 1 amide bonds. The van der Waals surface area contributed by atoms with Crippen LogP contribution < -0.4 is 5.32 Å². The van der Waals surface area contributed by atoms with E-state index in [0.717, 1.165) is 38.8 Å². The average Bonchev–Trinajstić information content (AvgIpc) is 3.47. The maximum atomic E-state index is 13.7. The number of halogens is 6. The zero-order valence-electron chi connectivity index (χ0n) is 24.8. The number of carbonyl (C=O) groups is 1. The topological polar surface area (TPSA) is 65.8 Å². The summed E-state index contributed by atoms with van der Waals surface area (Å²) >= 11 is 1.24. The SMILES string of the molecule is CC.Cc1nn(Cc2ccc(C(F)(F)F)cc2C(F)(F)F)c2ccc(/C=C3\SC(=NCCN4CCN(C)CC4)NC3=O)cc12. The number of fused-ring (bicyclic) bond motifs is 1. The number of aryl methyl sites for hydroxylation is 1. The van der Waals surface area contributed by atoms with Crippen LogP contribution in [0.25, 0.3) is 17.0 Å². The van der Waals surface area contributed by atoms with E-state index in [9.17, 15) is 31.1 Å². The molecule has 5 rings (SSSR count). The monoisotopic (exact) mass is 640 g/mol. The van der Waals surface area contributed by atoms with Crippen LogP contribution in [0.1, 0.15) is 41.8 Å². The molecule has 7 nitrogen and oxygen atoms in total. The van der Waals surface area contributed by atoms with Gasteiger partial charge in [0, 0.05) is 38.1 Å². The van der Waals surface area contributed by atoms with Crippen molar-refractivity contribution < 1.29 is 31.1 Å². The van der Waals surface area contributed by atoms with Gasteiger partial charge in [0.05, 0.1) is 40.3 Å². The molecule has 2 fully saturated rings. The summed E-state index contributed by atoms with van der Waals surface area (Å²) in [7, 11) is 2.09. The number of hydrogen-bond donors (Lipinski definition) is 1. The van der Waals surface area contributed by atoms with Gasteiger partial charge in [0.15, 0.2) is 5.17 Å². The maximum absolute atomic E-state index is 13.7. The van der Waals surface area contributed by atoms with Crippen LogP contribution in [0, 0.1) is 6.92 Å². The van der Waals surface area contributed by atoms with Gasteiger partial charge >= 0.3 is 12.4 Å². The molecule has 3 aromatic rings. The van der Waals surface area contributed by atoms with Crippen LogP contribution in [0.5, 0.6) is 0 Å². The number of aromatic nitrogens is 2. The largest absolute Gasteiger partial charge is 0.416 e. The predicted octanol–water partition coefficient (Wildman–Crippen LogP) is 6.26. The van der Waals surface area contributed by atoms with Gasteiger partial charge in [0.1, 0.15) is 0 Å². The molecule has 2 saturated heterocycles. The Morgan fingerprint density at radius 2 is 1.70 bits per heavy atom. The minimum atomic E-state index is -4.97. The van der Waals surface area contributed by atoms with Crippen molar-refractivity contribution in [3.05, 3.63) is 69.3 Å². The summed E-state index contributed by atoms with van der Waals surface area (Å²) in [5.41, 5.74) is -1.32. The van der Waals surface area contributed by atoms with Crippen molar-refractivity contribution in [2.45, 2.75) is 39.7 Å². The molecule has 1 aromatic heterocycles. The van der Waals surface area contributed by atoms with Gasteiger partial charge in [-0.3, -0.25) is 19.4 Å². The smallest absolute Gasteiger partial charge is 0.304 e. The van der Waals surface area contributed by atoms with Gasteiger partial charge in [0.2, 0.25) is 0 Å². The number of benzene rings is 2.